The molecule has 3 N–H and O–H groups in total. The van der Waals surface area contributed by atoms with Crippen LogP contribution in [0.1, 0.15) is 5.56 Å². The van der Waals surface area contributed by atoms with E-state index in [0.29, 0.717) is 17.9 Å². The first-order chi connectivity index (χ1) is 9.07. The number of benzene rings is 1. The van der Waals surface area contributed by atoms with Crippen LogP contribution in [0.25, 0.3) is 0 Å². The Balaban J connectivity index is 2.62. The molecule has 0 aromatic heterocycles. The molecule has 1 aromatic carbocycles. The third-order valence-corrected chi connectivity index (χ3v) is 3.14. The fraction of sp³-hybridized carbons (Fsp3) is 0.333. The molecule has 0 aliphatic heterocycles. The molecule has 0 saturated heterocycles. The summed E-state index contributed by atoms with van der Waals surface area (Å²) in [4.78, 5) is 0. The fourth-order valence-electron chi connectivity index (χ4n) is 1.23. The molecule has 7 heteroatoms. The topological polar surface area (TPSA) is 87.7 Å². The maximum Gasteiger partial charge on any atom is 0.299 e. The van der Waals surface area contributed by atoms with Crippen LogP contribution in [0.5, 0.6) is 0 Å². The molecule has 0 amide bonds. The highest BCUT2D eigenvalue weighted by molar-refractivity contribution is 7.90. The van der Waals surface area contributed by atoms with Crippen molar-refractivity contribution in [2.75, 3.05) is 31.6 Å². The van der Waals surface area contributed by atoms with Gasteiger partial charge in [-0.05, 0) is 24.3 Å². The quantitative estimate of drug-likeness (QED) is 0.504. The van der Waals surface area contributed by atoms with Gasteiger partial charge in [0.25, 0.3) is 10.2 Å². The molecule has 0 atom stereocenters. The van der Waals surface area contributed by atoms with E-state index in [0.717, 1.165) is 0 Å². The summed E-state index contributed by atoms with van der Waals surface area (Å²) in [6.45, 7) is 0.292. The summed E-state index contributed by atoms with van der Waals surface area (Å²) in [6.07, 6.45) is 0. The lowest BCUT2D eigenvalue weighted by atomic mass is 10.2. The Bertz CT molecular complexity index is 543. The Kier molecular flexibility index (Phi) is 6.32. The first kappa shape index (κ1) is 15.5. The molecule has 19 heavy (non-hydrogen) atoms. The smallest absolute Gasteiger partial charge is 0.299 e. The molecule has 1 rings (SSSR count). The van der Waals surface area contributed by atoms with Crippen molar-refractivity contribution in [3.05, 3.63) is 29.8 Å². The fourth-order valence-corrected chi connectivity index (χ4v) is 2.10. The summed E-state index contributed by atoms with van der Waals surface area (Å²) in [7, 11) is -2.10. The van der Waals surface area contributed by atoms with E-state index in [-0.39, 0.29) is 13.2 Å². The van der Waals surface area contributed by atoms with Crippen LogP contribution < -0.4 is 9.44 Å². The van der Waals surface area contributed by atoms with Crippen LogP contribution in [0.2, 0.25) is 0 Å². The minimum absolute atomic E-state index is 0.200. The van der Waals surface area contributed by atoms with Crippen molar-refractivity contribution in [1.82, 2.24) is 4.72 Å². The van der Waals surface area contributed by atoms with Crippen molar-refractivity contribution in [2.24, 2.45) is 0 Å². The van der Waals surface area contributed by atoms with Crippen molar-refractivity contribution in [2.45, 2.75) is 0 Å². The Morgan fingerprint density at radius 3 is 2.58 bits per heavy atom. The van der Waals surface area contributed by atoms with Crippen LogP contribution in [0, 0.1) is 11.8 Å². The highest BCUT2D eigenvalue weighted by Gasteiger charge is 2.08. The van der Waals surface area contributed by atoms with Crippen molar-refractivity contribution in [3.63, 3.8) is 0 Å². The Hall–Kier alpha value is -1.59. The SMILES string of the molecule is COCCNS(=O)(=O)Nc1ccc(C#CCO)cc1. The van der Waals surface area contributed by atoms with Crippen molar-refractivity contribution in [1.29, 1.82) is 0 Å². The van der Waals surface area contributed by atoms with Gasteiger partial charge >= 0.3 is 0 Å². The molecule has 0 heterocycles. The van der Waals surface area contributed by atoms with Crippen molar-refractivity contribution < 1.29 is 18.3 Å². The van der Waals surface area contributed by atoms with Gasteiger partial charge in [0.2, 0.25) is 0 Å². The predicted octanol–water partition coefficient (Wildman–Crippen LogP) is -0.0769. The van der Waals surface area contributed by atoms with Gasteiger partial charge in [0, 0.05) is 24.9 Å². The van der Waals surface area contributed by atoms with Gasteiger partial charge in [-0.1, -0.05) is 11.8 Å². The van der Waals surface area contributed by atoms with E-state index in [1.54, 1.807) is 24.3 Å². The van der Waals surface area contributed by atoms with Gasteiger partial charge in [-0.3, -0.25) is 4.72 Å². The molecule has 0 radical (unpaired) electrons. The lowest BCUT2D eigenvalue weighted by molar-refractivity contribution is 0.204. The van der Waals surface area contributed by atoms with E-state index >= 15 is 0 Å². The summed E-state index contributed by atoms with van der Waals surface area (Å²) in [5.41, 5.74) is 1.13. The molecule has 0 fully saturated rings. The van der Waals surface area contributed by atoms with Gasteiger partial charge in [-0.25, -0.2) is 0 Å². The minimum atomic E-state index is -3.59. The Labute approximate surface area is 113 Å². The lowest BCUT2D eigenvalue weighted by Crippen LogP contribution is -2.32. The number of aliphatic hydroxyl groups is 1. The Morgan fingerprint density at radius 2 is 2.00 bits per heavy atom. The Morgan fingerprint density at radius 1 is 1.32 bits per heavy atom. The van der Waals surface area contributed by atoms with Crippen molar-refractivity contribution >= 4 is 15.9 Å². The maximum atomic E-state index is 11.6. The third-order valence-electron chi connectivity index (χ3n) is 2.05. The summed E-state index contributed by atoms with van der Waals surface area (Å²) in [6, 6.07) is 6.51. The molecule has 0 bridgehead atoms. The average molecular weight is 284 g/mol. The zero-order chi connectivity index (χ0) is 14.1. The van der Waals surface area contributed by atoms with E-state index in [2.05, 4.69) is 21.3 Å². The number of nitrogens with one attached hydrogen (secondary N) is 2. The molecule has 0 aliphatic carbocycles. The molecule has 6 nitrogen and oxygen atoms in total. The maximum absolute atomic E-state index is 11.6. The largest absolute Gasteiger partial charge is 0.384 e. The number of rotatable bonds is 6. The molecular formula is C12H16N2O4S. The average Bonchev–Trinajstić information content (AvgIpc) is 2.38. The second-order valence-electron chi connectivity index (χ2n) is 3.53. The third kappa shape index (κ3) is 6.22. The van der Waals surface area contributed by atoms with Crippen LogP contribution in [-0.4, -0.2) is 40.4 Å². The standard InChI is InChI=1S/C12H16N2O4S/c1-18-10-8-13-19(16,17)14-12-6-4-11(5-7-12)3-2-9-15/h4-7,13-15H,8-10H2,1H3. The van der Waals surface area contributed by atoms with Crippen LogP contribution >= 0.6 is 0 Å². The van der Waals surface area contributed by atoms with Crippen LogP contribution in [0.4, 0.5) is 5.69 Å². The van der Waals surface area contributed by atoms with Gasteiger partial charge in [0.15, 0.2) is 0 Å². The first-order valence-corrected chi connectivity index (χ1v) is 7.02. The van der Waals surface area contributed by atoms with Gasteiger partial charge in [0.05, 0.1) is 6.61 Å². The first-order valence-electron chi connectivity index (χ1n) is 5.53. The zero-order valence-corrected chi connectivity index (χ0v) is 11.3. The van der Waals surface area contributed by atoms with E-state index in [9.17, 15) is 8.42 Å². The summed E-state index contributed by atoms with van der Waals surface area (Å²) < 4.78 is 32.6. The molecule has 1 aromatic rings. The monoisotopic (exact) mass is 284 g/mol. The normalized spacial score (nSPS) is 10.6. The zero-order valence-electron chi connectivity index (χ0n) is 10.5. The minimum Gasteiger partial charge on any atom is -0.384 e. The summed E-state index contributed by atoms with van der Waals surface area (Å²) in [5.74, 6) is 5.22. The summed E-state index contributed by atoms with van der Waals surface area (Å²) in [5, 5.41) is 8.55. The molecule has 0 unspecified atom stereocenters. The predicted molar refractivity (Wildman–Crippen MR) is 72.8 cm³/mol. The second kappa shape index (κ2) is 7.76. The van der Waals surface area contributed by atoms with E-state index in [4.69, 9.17) is 9.84 Å². The molecule has 0 aliphatic rings. The highest BCUT2D eigenvalue weighted by Crippen LogP contribution is 2.09. The van der Waals surface area contributed by atoms with E-state index in [1.807, 2.05) is 0 Å². The van der Waals surface area contributed by atoms with Gasteiger partial charge in [-0.2, -0.15) is 13.1 Å². The van der Waals surface area contributed by atoms with Crippen LogP contribution in [0.15, 0.2) is 24.3 Å². The van der Waals surface area contributed by atoms with E-state index < -0.39 is 10.2 Å². The number of anilines is 1. The van der Waals surface area contributed by atoms with Gasteiger partial charge in [0.1, 0.15) is 6.61 Å². The van der Waals surface area contributed by atoms with Crippen molar-refractivity contribution in [3.8, 4) is 11.8 Å². The van der Waals surface area contributed by atoms with Gasteiger partial charge < -0.3 is 9.84 Å². The molecule has 104 valence electrons. The number of methoxy groups -OCH3 is 1. The molecule has 0 saturated carbocycles. The molecular weight excluding hydrogens is 268 g/mol. The number of aliphatic hydroxyl groups excluding tert-OH is 1. The highest BCUT2D eigenvalue weighted by atomic mass is 32.2. The molecule has 0 spiro atoms. The number of ether oxygens (including phenoxy) is 1. The van der Waals surface area contributed by atoms with Crippen LogP contribution in [-0.2, 0) is 14.9 Å². The number of hydrogen-bond acceptors (Lipinski definition) is 4. The van der Waals surface area contributed by atoms with E-state index in [1.165, 1.54) is 7.11 Å². The number of hydrogen-bond donors (Lipinski definition) is 3. The lowest BCUT2D eigenvalue weighted by Gasteiger charge is -2.08. The summed E-state index contributed by atoms with van der Waals surface area (Å²) >= 11 is 0. The van der Waals surface area contributed by atoms with Gasteiger partial charge in [-0.15, -0.1) is 0 Å². The van der Waals surface area contributed by atoms with Crippen LogP contribution in [0.3, 0.4) is 0 Å². The second-order valence-corrected chi connectivity index (χ2v) is 5.03.